The highest BCUT2D eigenvalue weighted by molar-refractivity contribution is 9.10. The lowest BCUT2D eigenvalue weighted by Gasteiger charge is -2.31. The Morgan fingerprint density at radius 1 is 1.24 bits per heavy atom. The highest BCUT2D eigenvalue weighted by Crippen LogP contribution is 2.27. The normalized spacial score (nSPS) is 15.7. The van der Waals surface area contributed by atoms with Crippen molar-refractivity contribution in [1.29, 1.82) is 0 Å². The predicted octanol–water partition coefficient (Wildman–Crippen LogP) is 4.67. The van der Waals surface area contributed by atoms with Crippen LogP contribution in [-0.4, -0.2) is 6.04 Å². The number of hydrogen-bond donors (Lipinski definition) is 1. The molecule has 0 spiro atoms. The highest BCUT2D eigenvalue weighted by atomic mass is 79.9. The van der Waals surface area contributed by atoms with Crippen molar-refractivity contribution in [3.8, 4) is 0 Å². The molecule has 1 aromatic rings. The maximum Gasteiger partial charge on any atom is 0.124 e. The molecule has 0 aromatic heterocycles. The number of hydrogen-bond acceptors (Lipinski definition) is 1. The molecule has 96 valence electrons. The number of nitrogens with one attached hydrogen (secondary N) is 1. The van der Waals surface area contributed by atoms with Gasteiger partial charge < -0.3 is 5.32 Å². The molecule has 1 N–H and O–H groups in total. The maximum absolute atomic E-state index is 13.0. The molecule has 2 unspecified atom stereocenters. The molecule has 0 aliphatic carbocycles. The lowest BCUT2D eigenvalue weighted by molar-refractivity contribution is 0.268. The summed E-state index contributed by atoms with van der Waals surface area (Å²) in [5.41, 5.74) is 1.29. The van der Waals surface area contributed by atoms with Gasteiger partial charge in [0.1, 0.15) is 5.82 Å². The van der Waals surface area contributed by atoms with E-state index in [9.17, 15) is 4.39 Å². The van der Waals surface area contributed by atoms with Crippen molar-refractivity contribution >= 4 is 15.9 Å². The van der Waals surface area contributed by atoms with Crippen LogP contribution < -0.4 is 5.32 Å². The lowest BCUT2D eigenvalue weighted by atomic mass is 9.87. The standard InChI is InChI=1S/C14H21BrFN/c1-9(17-10(2)14(3,4)5)12-7-6-11(16)8-13(12)15/h6-10,17H,1-5H3. The van der Waals surface area contributed by atoms with E-state index in [-0.39, 0.29) is 17.3 Å². The van der Waals surface area contributed by atoms with Gasteiger partial charge in [0.25, 0.3) is 0 Å². The molecule has 17 heavy (non-hydrogen) atoms. The van der Waals surface area contributed by atoms with Crippen LogP contribution in [0.1, 0.15) is 46.2 Å². The minimum atomic E-state index is -0.211. The zero-order valence-electron chi connectivity index (χ0n) is 11.1. The minimum Gasteiger partial charge on any atom is -0.307 e. The van der Waals surface area contributed by atoms with Gasteiger partial charge in [-0.25, -0.2) is 4.39 Å². The van der Waals surface area contributed by atoms with E-state index >= 15 is 0 Å². The molecule has 0 bridgehead atoms. The zero-order valence-corrected chi connectivity index (χ0v) is 12.7. The third kappa shape index (κ3) is 4.07. The van der Waals surface area contributed by atoms with Gasteiger partial charge in [0.05, 0.1) is 0 Å². The molecule has 1 aromatic carbocycles. The third-order valence-electron chi connectivity index (χ3n) is 3.23. The Bertz CT molecular complexity index is 384. The second-order valence-electron chi connectivity index (χ2n) is 5.64. The molecule has 0 amide bonds. The monoisotopic (exact) mass is 301 g/mol. The Morgan fingerprint density at radius 2 is 1.82 bits per heavy atom. The summed E-state index contributed by atoms with van der Waals surface area (Å²) in [7, 11) is 0. The molecule has 1 nitrogen and oxygen atoms in total. The van der Waals surface area contributed by atoms with Crippen LogP contribution in [-0.2, 0) is 0 Å². The van der Waals surface area contributed by atoms with Gasteiger partial charge in [0.15, 0.2) is 0 Å². The van der Waals surface area contributed by atoms with E-state index in [0.29, 0.717) is 6.04 Å². The van der Waals surface area contributed by atoms with E-state index in [1.165, 1.54) is 12.1 Å². The molecule has 0 fully saturated rings. The number of rotatable bonds is 3. The van der Waals surface area contributed by atoms with Crippen molar-refractivity contribution in [2.45, 2.75) is 46.7 Å². The van der Waals surface area contributed by atoms with Gasteiger partial charge in [-0.2, -0.15) is 0 Å². The number of halogens is 2. The molecule has 2 atom stereocenters. The van der Waals surface area contributed by atoms with Crippen molar-refractivity contribution in [2.24, 2.45) is 5.41 Å². The average Bonchev–Trinajstić information content (AvgIpc) is 2.15. The van der Waals surface area contributed by atoms with Crippen LogP contribution in [0.15, 0.2) is 22.7 Å². The van der Waals surface area contributed by atoms with Crippen molar-refractivity contribution in [2.75, 3.05) is 0 Å². The maximum atomic E-state index is 13.0. The van der Waals surface area contributed by atoms with E-state index in [4.69, 9.17) is 0 Å². The fourth-order valence-corrected chi connectivity index (χ4v) is 2.26. The molecule has 0 aliphatic heterocycles. The van der Waals surface area contributed by atoms with Crippen LogP contribution in [0.5, 0.6) is 0 Å². The summed E-state index contributed by atoms with van der Waals surface area (Å²) < 4.78 is 13.8. The summed E-state index contributed by atoms with van der Waals surface area (Å²) in [5, 5.41) is 3.54. The minimum absolute atomic E-state index is 0.194. The predicted molar refractivity (Wildman–Crippen MR) is 74.6 cm³/mol. The van der Waals surface area contributed by atoms with E-state index in [1.54, 1.807) is 0 Å². The Morgan fingerprint density at radius 3 is 2.29 bits per heavy atom. The second-order valence-corrected chi connectivity index (χ2v) is 6.50. The first-order valence-electron chi connectivity index (χ1n) is 5.93. The quantitative estimate of drug-likeness (QED) is 0.855. The van der Waals surface area contributed by atoms with E-state index in [2.05, 4.69) is 55.9 Å². The zero-order chi connectivity index (χ0) is 13.2. The van der Waals surface area contributed by atoms with Crippen LogP contribution in [0.25, 0.3) is 0 Å². The Kier molecular flexibility index (Phi) is 4.73. The van der Waals surface area contributed by atoms with Crippen molar-refractivity contribution in [3.63, 3.8) is 0 Å². The van der Waals surface area contributed by atoms with Gasteiger partial charge in [0.2, 0.25) is 0 Å². The van der Waals surface area contributed by atoms with E-state index in [0.717, 1.165) is 10.0 Å². The van der Waals surface area contributed by atoms with Gasteiger partial charge in [0, 0.05) is 16.6 Å². The van der Waals surface area contributed by atoms with Crippen LogP contribution in [0.3, 0.4) is 0 Å². The fourth-order valence-electron chi connectivity index (χ4n) is 1.57. The molecule has 0 aliphatic rings. The molecular weight excluding hydrogens is 281 g/mol. The second kappa shape index (κ2) is 5.49. The average molecular weight is 302 g/mol. The summed E-state index contributed by atoms with van der Waals surface area (Å²) in [6.07, 6.45) is 0. The fraction of sp³-hybridized carbons (Fsp3) is 0.571. The summed E-state index contributed by atoms with van der Waals surface area (Å²) in [6.45, 7) is 10.9. The Balaban J connectivity index is 2.80. The smallest absolute Gasteiger partial charge is 0.124 e. The van der Waals surface area contributed by atoms with Crippen molar-refractivity contribution in [3.05, 3.63) is 34.1 Å². The topological polar surface area (TPSA) is 12.0 Å². The largest absolute Gasteiger partial charge is 0.307 e. The van der Waals surface area contributed by atoms with Crippen LogP contribution in [0.4, 0.5) is 4.39 Å². The summed E-state index contributed by atoms with van der Waals surface area (Å²) in [5.74, 6) is -0.211. The molecule has 0 saturated heterocycles. The SMILES string of the molecule is CC(NC(C)C(C)(C)C)c1ccc(F)cc1Br. The summed E-state index contributed by atoms with van der Waals surface area (Å²) >= 11 is 3.41. The highest BCUT2D eigenvalue weighted by Gasteiger charge is 2.22. The summed E-state index contributed by atoms with van der Waals surface area (Å²) in [4.78, 5) is 0. The van der Waals surface area contributed by atoms with Gasteiger partial charge in [-0.1, -0.05) is 42.8 Å². The van der Waals surface area contributed by atoms with Gasteiger partial charge in [-0.05, 0) is 37.0 Å². The van der Waals surface area contributed by atoms with Crippen molar-refractivity contribution in [1.82, 2.24) is 5.32 Å². The van der Waals surface area contributed by atoms with E-state index in [1.807, 2.05) is 6.07 Å². The van der Waals surface area contributed by atoms with Gasteiger partial charge in [-0.3, -0.25) is 0 Å². The van der Waals surface area contributed by atoms with Crippen molar-refractivity contribution < 1.29 is 4.39 Å². The van der Waals surface area contributed by atoms with Gasteiger partial charge in [-0.15, -0.1) is 0 Å². The first-order valence-corrected chi connectivity index (χ1v) is 6.72. The molecule has 0 heterocycles. The Labute approximate surface area is 112 Å². The molecule has 0 saturated carbocycles. The first-order chi connectivity index (χ1) is 7.71. The molecular formula is C14H21BrFN. The summed E-state index contributed by atoms with van der Waals surface area (Å²) in [6, 6.07) is 5.41. The van der Waals surface area contributed by atoms with E-state index < -0.39 is 0 Å². The van der Waals surface area contributed by atoms with Crippen LogP contribution in [0.2, 0.25) is 0 Å². The Hall–Kier alpha value is -0.410. The van der Waals surface area contributed by atoms with Gasteiger partial charge >= 0.3 is 0 Å². The molecule has 3 heteroatoms. The van der Waals surface area contributed by atoms with Crippen LogP contribution in [0, 0.1) is 11.2 Å². The third-order valence-corrected chi connectivity index (χ3v) is 3.91. The first kappa shape index (κ1) is 14.7. The molecule has 0 radical (unpaired) electrons. The molecule has 1 rings (SSSR count). The lowest BCUT2D eigenvalue weighted by Crippen LogP contribution is -2.39. The van der Waals surface area contributed by atoms with Crippen LogP contribution >= 0.6 is 15.9 Å². The number of benzene rings is 1.